The summed E-state index contributed by atoms with van der Waals surface area (Å²) in [7, 11) is 0. The van der Waals surface area contributed by atoms with Gasteiger partial charge in [-0.15, -0.1) is 11.3 Å². The first-order valence-electron chi connectivity index (χ1n) is 6.88. The van der Waals surface area contributed by atoms with Crippen LogP contribution in [0.1, 0.15) is 30.2 Å². The van der Waals surface area contributed by atoms with Gasteiger partial charge in [0, 0.05) is 30.6 Å². The number of thiophene rings is 1. The Balaban J connectivity index is 1.75. The van der Waals surface area contributed by atoms with Crippen LogP contribution in [0, 0.1) is 0 Å². The SMILES string of the molecule is CC(CCCO)NCC(=O)N1CCc2sccc2C1. The average molecular weight is 282 g/mol. The molecule has 0 spiro atoms. The van der Waals surface area contributed by atoms with Gasteiger partial charge in [-0.25, -0.2) is 0 Å². The number of carbonyl (C=O) groups excluding carboxylic acids is 1. The number of rotatable bonds is 6. The second kappa shape index (κ2) is 7.03. The Bertz CT molecular complexity index is 419. The molecule has 1 amide bonds. The van der Waals surface area contributed by atoms with Crippen molar-refractivity contribution < 1.29 is 9.90 Å². The molecule has 1 unspecified atom stereocenters. The lowest BCUT2D eigenvalue weighted by Gasteiger charge is -2.27. The van der Waals surface area contributed by atoms with Gasteiger partial charge < -0.3 is 15.3 Å². The third-order valence-electron chi connectivity index (χ3n) is 3.56. The molecule has 0 bridgehead atoms. The largest absolute Gasteiger partial charge is 0.396 e. The summed E-state index contributed by atoms with van der Waals surface area (Å²) in [5, 5.41) is 14.1. The fourth-order valence-corrected chi connectivity index (χ4v) is 3.22. The van der Waals surface area contributed by atoms with Crippen LogP contribution < -0.4 is 5.32 Å². The fraction of sp³-hybridized carbons (Fsp3) is 0.643. The lowest BCUT2D eigenvalue weighted by molar-refractivity contribution is -0.131. The molecule has 2 N–H and O–H groups in total. The summed E-state index contributed by atoms with van der Waals surface area (Å²) >= 11 is 1.79. The van der Waals surface area contributed by atoms with Crippen molar-refractivity contribution in [3.05, 3.63) is 21.9 Å². The molecule has 1 aromatic rings. The normalized spacial score (nSPS) is 16.2. The lowest BCUT2D eigenvalue weighted by Crippen LogP contribution is -2.42. The average Bonchev–Trinajstić information content (AvgIpc) is 2.89. The molecule has 1 aliphatic rings. The minimum Gasteiger partial charge on any atom is -0.396 e. The molecule has 106 valence electrons. The maximum atomic E-state index is 12.1. The summed E-state index contributed by atoms with van der Waals surface area (Å²) in [5.41, 5.74) is 1.30. The van der Waals surface area contributed by atoms with E-state index in [1.165, 1.54) is 10.4 Å². The first-order chi connectivity index (χ1) is 9.20. The van der Waals surface area contributed by atoms with E-state index in [1.807, 2.05) is 4.90 Å². The van der Waals surface area contributed by atoms with E-state index in [9.17, 15) is 4.79 Å². The third-order valence-corrected chi connectivity index (χ3v) is 4.58. The Morgan fingerprint density at radius 3 is 3.26 bits per heavy atom. The standard InChI is InChI=1S/C14H22N2O2S/c1-11(3-2-7-17)15-9-14(18)16-6-4-13-12(10-16)5-8-19-13/h5,8,11,15,17H,2-4,6-7,9-10H2,1H3. The minimum atomic E-state index is 0.174. The summed E-state index contributed by atoms with van der Waals surface area (Å²) in [5.74, 6) is 0.174. The molecule has 19 heavy (non-hydrogen) atoms. The van der Waals surface area contributed by atoms with Crippen molar-refractivity contribution >= 4 is 17.2 Å². The smallest absolute Gasteiger partial charge is 0.236 e. The van der Waals surface area contributed by atoms with Gasteiger partial charge in [-0.1, -0.05) is 0 Å². The molecule has 0 radical (unpaired) electrons. The van der Waals surface area contributed by atoms with Crippen molar-refractivity contribution in [2.75, 3.05) is 19.7 Å². The monoisotopic (exact) mass is 282 g/mol. The summed E-state index contributed by atoms with van der Waals surface area (Å²) in [6.07, 6.45) is 2.67. The molecule has 1 aliphatic heterocycles. The van der Waals surface area contributed by atoms with Crippen molar-refractivity contribution in [3.8, 4) is 0 Å². The van der Waals surface area contributed by atoms with E-state index >= 15 is 0 Å². The minimum absolute atomic E-state index is 0.174. The van der Waals surface area contributed by atoms with E-state index < -0.39 is 0 Å². The van der Waals surface area contributed by atoms with Gasteiger partial charge in [0.05, 0.1) is 6.54 Å². The second-order valence-electron chi connectivity index (χ2n) is 5.08. The zero-order chi connectivity index (χ0) is 13.7. The third kappa shape index (κ3) is 4.03. The molecule has 4 nitrogen and oxygen atoms in total. The van der Waals surface area contributed by atoms with Gasteiger partial charge in [0.25, 0.3) is 0 Å². The number of amides is 1. The Labute approximate surface area is 118 Å². The molecule has 0 fully saturated rings. The van der Waals surface area contributed by atoms with Crippen LogP contribution in [0.25, 0.3) is 0 Å². The van der Waals surface area contributed by atoms with Crippen molar-refractivity contribution in [2.24, 2.45) is 0 Å². The number of hydrogen-bond donors (Lipinski definition) is 2. The lowest BCUT2D eigenvalue weighted by atomic mass is 10.1. The van der Waals surface area contributed by atoms with Crippen molar-refractivity contribution in [3.63, 3.8) is 0 Å². The Morgan fingerprint density at radius 2 is 2.47 bits per heavy atom. The molecular formula is C14H22N2O2S. The highest BCUT2D eigenvalue weighted by molar-refractivity contribution is 7.10. The molecular weight excluding hydrogens is 260 g/mol. The fourth-order valence-electron chi connectivity index (χ4n) is 2.33. The first-order valence-corrected chi connectivity index (χ1v) is 7.76. The number of nitrogens with one attached hydrogen (secondary N) is 1. The van der Waals surface area contributed by atoms with Gasteiger partial charge in [0.1, 0.15) is 0 Å². The number of carbonyl (C=O) groups is 1. The maximum absolute atomic E-state index is 12.1. The molecule has 1 aromatic heterocycles. The van der Waals surface area contributed by atoms with Crippen molar-refractivity contribution in [1.29, 1.82) is 0 Å². The molecule has 1 atom stereocenters. The number of hydrogen-bond acceptors (Lipinski definition) is 4. The molecule has 2 heterocycles. The van der Waals surface area contributed by atoms with Crippen LogP contribution in [-0.4, -0.2) is 41.7 Å². The van der Waals surface area contributed by atoms with E-state index in [-0.39, 0.29) is 18.6 Å². The van der Waals surface area contributed by atoms with Crippen LogP contribution in [0.2, 0.25) is 0 Å². The molecule has 2 rings (SSSR count). The zero-order valence-electron chi connectivity index (χ0n) is 11.4. The second-order valence-corrected chi connectivity index (χ2v) is 6.08. The Morgan fingerprint density at radius 1 is 1.63 bits per heavy atom. The molecule has 0 aromatic carbocycles. The van der Waals surface area contributed by atoms with Gasteiger partial charge in [0.2, 0.25) is 5.91 Å². The molecule has 5 heteroatoms. The first kappa shape index (κ1) is 14.5. The van der Waals surface area contributed by atoms with Gasteiger partial charge in [-0.2, -0.15) is 0 Å². The number of nitrogens with zero attached hydrogens (tertiary/aromatic N) is 1. The number of aliphatic hydroxyl groups excluding tert-OH is 1. The van der Waals surface area contributed by atoms with Gasteiger partial charge in [-0.3, -0.25) is 4.79 Å². The number of aliphatic hydroxyl groups is 1. The Hall–Kier alpha value is -0.910. The summed E-state index contributed by atoms with van der Waals surface area (Å²) in [4.78, 5) is 15.5. The van der Waals surface area contributed by atoms with Gasteiger partial charge in [0.15, 0.2) is 0 Å². The molecule has 0 aliphatic carbocycles. The molecule has 0 saturated heterocycles. The van der Waals surface area contributed by atoms with E-state index in [4.69, 9.17) is 5.11 Å². The van der Waals surface area contributed by atoms with E-state index in [1.54, 1.807) is 11.3 Å². The van der Waals surface area contributed by atoms with Crippen LogP contribution in [0.15, 0.2) is 11.4 Å². The van der Waals surface area contributed by atoms with Gasteiger partial charge in [-0.05, 0) is 43.2 Å². The highest BCUT2D eigenvalue weighted by Gasteiger charge is 2.21. The van der Waals surface area contributed by atoms with E-state index in [0.29, 0.717) is 6.54 Å². The van der Waals surface area contributed by atoms with Crippen LogP contribution in [0.5, 0.6) is 0 Å². The van der Waals surface area contributed by atoms with E-state index in [2.05, 4.69) is 23.7 Å². The predicted molar refractivity (Wildman–Crippen MR) is 77.2 cm³/mol. The summed E-state index contributed by atoms with van der Waals surface area (Å²) in [6, 6.07) is 2.40. The Kier molecular flexibility index (Phi) is 5.36. The number of fused-ring (bicyclic) bond motifs is 1. The van der Waals surface area contributed by atoms with Crippen LogP contribution in [0.4, 0.5) is 0 Å². The van der Waals surface area contributed by atoms with Gasteiger partial charge >= 0.3 is 0 Å². The quantitative estimate of drug-likeness (QED) is 0.829. The predicted octanol–water partition coefficient (Wildman–Crippen LogP) is 1.38. The highest BCUT2D eigenvalue weighted by Crippen LogP contribution is 2.23. The van der Waals surface area contributed by atoms with Crippen LogP contribution in [0.3, 0.4) is 0 Å². The van der Waals surface area contributed by atoms with Crippen molar-refractivity contribution in [1.82, 2.24) is 10.2 Å². The van der Waals surface area contributed by atoms with E-state index in [0.717, 1.165) is 32.4 Å². The zero-order valence-corrected chi connectivity index (χ0v) is 12.2. The van der Waals surface area contributed by atoms with Crippen LogP contribution >= 0.6 is 11.3 Å². The molecule has 0 saturated carbocycles. The maximum Gasteiger partial charge on any atom is 0.236 e. The van der Waals surface area contributed by atoms with Crippen molar-refractivity contribution in [2.45, 2.75) is 38.8 Å². The summed E-state index contributed by atoms with van der Waals surface area (Å²) < 4.78 is 0. The topological polar surface area (TPSA) is 52.6 Å². The highest BCUT2D eigenvalue weighted by atomic mass is 32.1. The van der Waals surface area contributed by atoms with Crippen LogP contribution in [-0.2, 0) is 17.8 Å². The summed E-state index contributed by atoms with van der Waals surface area (Å²) in [6.45, 7) is 4.25.